The van der Waals surface area contributed by atoms with Crippen molar-refractivity contribution < 1.29 is 19.0 Å². The zero-order chi connectivity index (χ0) is 22.7. The van der Waals surface area contributed by atoms with Crippen LogP contribution in [0.3, 0.4) is 0 Å². The lowest BCUT2D eigenvalue weighted by atomic mass is 10.1. The van der Waals surface area contributed by atoms with E-state index in [2.05, 4.69) is 13.8 Å². The van der Waals surface area contributed by atoms with E-state index in [1.165, 1.54) is 96.3 Å². The van der Waals surface area contributed by atoms with Gasteiger partial charge in [0.05, 0.1) is 19.8 Å². The molecule has 0 N–H and O–H groups in total. The summed E-state index contributed by atoms with van der Waals surface area (Å²) in [6.45, 7) is 7.35. The molecule has 0 rings (SSSR count). The van der Waals surface area contributed by atoms with Gasteiger partial charge in [0.2, 0.25) is 0 Å². The number of hydrogen-bond acceptors (Lipinski definition) is 4. The monoisotopic (exact) mass is 442 g/mol. The van der Waals surface area contributed by atoms with E-state index >= 15 is 0 Å². The molecule has 0 spiro atoms. The molecule has 0 heterocycles. The molecule has 0 aliphatic carbocycles. The first-order chi connectivity index (χ1) is 15.3. The molecule has 4 nitrogen and oxygen atoms in total. The summed E-state index contributed by atoms with van der Waals surface area (Å²) < 4.78 is 16.3. The van der Waals surface area contributed by atoms with Gasteiger partial charge in [-0.3, -0.25) is 4.79 Å². The van der Waals surface area contributed by atoms with Crippen molar-refractivity contribution in [3.63, 3.8) is 0 Å². The minimum Gasteiger partial charge on any atom is -0.463 e. The number of unbranched alkanes of at least 4 members (excludes halogenated alkanes) is 16. The van der Waals surface area contributed by atoms with Crippen molar-refractivity contribution in [2.24, 2.45) is 0 Å². The highest BCUT2D eigenvalue weighted by atomic mass is 16.6. The maximum atomic E-state index is 11.6. The van der Waals surface area contributed by atoms with Gasteiger partial charge in [-0.15, -0.1) is 0 Å². The first kappa shape index (κ1) is 30.4. The molecular formula is C27H54O4. The normalized spacial score (nSPS) is 11.2. The molecular weight excluding hydrogens is 388 g/mol. The van der Waals surface area contributed by atoms with Crippen LogP contribution in [0.15, 0.2) is 0 Å². The van der Waals surface area contributed by atoms with E-state index < -0.39 is 0 Å². The highest BCUT2D eigenvalue weighted by Gasteiger charge is 2.02. The van der Waals surface area contributed by atoms with Crippen molar-refractivity contribution in [3.05, 3.63) is 0 Å². The average Bonchev–Trinajstić information content (AvgIpc) is 2.77. The predicted molar refractivity (Wildman–Crippen MR) is 132 cm³/mol. The Balaban J connectivity index is 3.11. The minimum atomic E-state index is -0.0927. The van der Waals surface area contributed by atoms with Crippen LogP contribution in [0.5, 0.6) is 0 Å². The van der Waals surface area contributed by atoms with Crippen molar-refractivity contribution in [1.29, 1.82) is 0 Å². The molecule has 0 aromatic carbocycles. The van der Waals surface area contributed by atoms with Crippen molar-refractivity contribution >= 4 is 5.97 Å². The maximum Gasteiger partial charge on any atom is 0.305 e. The molecule has 0 aliphatic rings. The lowest BCUT2D eigenvalue weighted by Crippen LogP contribution is -2.13. The summed E-state index contributed by atoms with van der Waals surface area (Å²) in [5, 5.41) is 0. The van der Waals surface area contributed by atoms with Gasteiger partial charge in [0.1, 0.15) is 6.61 Å². The molecule has 0 aliphatic heterocycles. The van der Waals surface area contributed by atoms with Crippen LogP contribution in [0.1, 0.15) is 136 Å². The molecule has 0 aromatic heterocycles. The van der Waals surface area contributed by atoms with Gasteiger partial charge >= 0.3 is 5.97 Å². The number of carbonyl (C=O) groups is 1. The number of ether oxygens (including phenoxy) is 3. The van der Waals surface area contributed by atoms with E-state index in [1.807, 2.05) is 0 Å². The second kappa shape index (κ2) is 27.4. The fraction of sp³-hybridized carbons (Fsp3) is 0.963. The van der Waals surface area contributed by atoms with Crippen LogP contribution in [0.2, 0.25) is 0 Å². The molecule has 31 heavy (non-hydrogen) atoms. The molecule has 4 heteroatoms. The Morgan fingerprint density at radius 1 is 0.452 bits per heavy atom. The van der Waals surface area contributed by atoms with Crippen LogP contribution >= 0.6 is 0 Å². The third-order valence-corrected chi connectivity index (χ3v) is 5.74. The lowest BCUT2D eigenvalue weighted by molar-refractivity contribution is -0.145. The fourth-order valence-electron chi connectivity index (χ4n) is 3.70. The third kappa shape index (κ3) is 27.4. The standard InChI is InChI=1S/C27H54O4/c1-3-5-7-9-11-12-13-14-16-18-20-22-29-23-24-30-25-26-31-27(28)21-19-17-15-10-8-6-4-2/h3-26H2,1-2H3. The summed E-state index contributed by atoms with van der Waals surface area (Å²) in [7, 11) is 0. The largest absolute Gasteiger partial charge is 0.463 e. The van der Waals surface area contributed by atoms with Crippen LogP contribution in [0.4, 0.5) is 0 Å². The Hall–Kier alpha value is -0.610. The highest BCUT2D eigenvalue weighted by Crippen LogP contribution is 2.11. The summed E-state index contributed by atoms with van der Waals surface area (Å²) in [6.07, 6.45) is 24.0. The molecule has 0 unspecified atom stereocenters. The van der Waals surface area contributed by atoms with E-state index in [4.69, 9.17) is 14.2 Å². The molecule has 0 radical (unpaired) electrons. The SMILES string of the molecule is CCCCCCCCCCCCCOCCOCCOC(=O)CCCCCCCCC. The first-order valence-corrected chi connectivity index (χ1v) is 13.6. The van der Waals surface area contributed by atoms with Crippen LogP contribution in [-0.4, -0.2) is 39.0 Å². The van der Waals surface area contributed by atoms with Crippen LogP contribution in [0.25, 0.3) is 0 Å². The smallest absolute Gasteiger partial charge is 0.305 e. The van der Waals surface area contributed by atoms with Crippen LogP contribution < -0.4 is 0 Å². The Kier molecular flexibility index (Phi) is 26.9. The van der Waals surface area contributed by atoms with Crippen molar-refractivity contribution in [2.75, 3.05) is 33.0 Å². The minimum absolute atomic E-state index is 0.0927. The molecule has 0 saturated carbocycles. The average molecular weight is 443 g/mol. The van der Waals surface area contributed by atoms with Gasteiger partial charge in [0.25, 0.3) is 0 Å². The highest BCUT2D eigenvalue weighted by molar-refractivity contribution is 5.69. The van der Waals surface area contributed by atoms with Crippen LogP contribution in [-0.2, 0) is 19.0 Å². The number of hydrogen-bond donors (Lipinski definition) is 0. The second-order valence-electron chi connectivity index (χ2n) is 8.85. The third-order valence-electron chi connectivity index (χ3n) is 5.74. The Bertz CT molecular complexity index is 346. The van der Waals surface area contributed by atoms with Gasteiger partial charge in [-0.25, -0.2) is 0 Å². The van der Waals surface area contributed by atoms with Crippen molar-refractivity contribution in [1.82, 2.24) is 0 Å². The van der Waals surface area contributed by atoms with E-state index in [-0.39, 0.29) is 5.97 Å². The Labute approximate surface area is 194 Å². The van der Waals surface area contributed by atoms with Gasteiger partial charge in [-0.1, -0.05) is 117 Å². The fourth-order valence-corrected chi connectivity index (χ4v) is 3.70. The van der Waals surface area contributed by atoms with Crippen molar-refractivity contribution in [3.8, 4) is 0 Å². The van der Waals surface area contributed by atoms with Gasteiger partial charge in [-0.05, 0) is 12.8 Å². The number of carbonyl (C=O) groups excluding carboxylic acids is 1. The number of rotatable bonds is 26. The van der Waals surface area contributed by atoms with Gasteiger partial charge in [-0.2, -0.15) is 0 Å². The first-order valence-electron chi connectivity index (χ1n) is 13.6. The second-order valence-corrected chi connectivity index (χ2v) is 8.85. The summed E-state index contributed by atoms with van der Waals surface area (Å²) >= 11 is 0. The quantitative estimate of drug-likeness (QED) is 0.100. The van der Waals surface area contributed by atoms with E-state index in [0.29, 0.717) is 32.8 Å². The topological polar surface area (TPSA) is 44.8 Å². The van der Waals surface area contributed by atoms with Gasteiger partial charge in [0, 0.05) is 13.0 Å². The predicted octanol–water partition coefficient (Wildman–Crippen LogP) is 8.01. The molecule has 0 fully saturated rings. The van der Waals surface area contributed by atoms with Gasteiger partial charge < -0.3 is 14.2 Å². The summed E-state index contributed by atoms with van der Waals surface area (Å²) in [5.74, 6) is -0.0927. The molecule has 0 saturated heterocycles. The lowest BCUT2D eigenvalue weighted by Gasteiger charge is -2.07. The van der Waals surface area contributed by atoms with E-state index in [9.17, 15) is 4.79 Å². The molecule has 0 atom stereocenters. The summed E-state index contributed by atoms with van der Waals surface area (Å²) in [4.78, 5) is 11.6. The van der Waals surface area contributed by atoms with Crippen molar-refractivity contribution in [2.45, 2.75) is 136 Å². The van der Waals surface area contributed by atoms with E-state index in [1.54, 1.807) is 0 Å². The van der Waals surface area contributed by atoms with Crippen LogP contribution in [0, 0.1) is 0 Å². The van der Waals surface area contributed by atoms with Gasteiger partial charge in [0.15, 0.2) is 0 Å². The molecule has 186 valence electrons. The Morgan fingerprint density at radius 2 is 0.839 bits per heavy atom. The van der Waals surface area contributed by atoms with E-state index in [0.717, 1.165) is 25.9 Å². The molecule has 0 aromatic rings. The summed E-state index contributed by atoms with van der Waals surface area (Å²) in [5.41, 5.74) is 0. The zero-order valence-corrected chi connectivity index (χ0v) is 21.1. The number of esters is 1. The molecule has 0 amide bonds. The zero-order valence-electron chi connectivity index (χ0n) is 21.1. The maximum absolute atomic E-state index is 11.6. The molecule has 0 bridgehead atoms. The Morgan fingerprint density at radius 3 is 1.35 bits per heavy atom. The summed E-state index contributed by atoms with van der Waals surface area (Å²) in [6, 6.07) is 0.